The Morgan fingerprint density at radius 1 is 1.00 bits per heavy atom. The largest absolute Gasteiger partial charge is 0.488 e. The number of ether oxygens (including phenoxy) is 3. The van der Waals surface area contributed by atoms with E-state index >= 15 is 0 Å². The lowest BCUT2D eigenvalue weighted by atomic mass is 10.0. The summed E-state index contributed by atoms with van der Waals surface area (Å²) in [4.78, 5) is 13.4. The number of hydrogen-bond donors (Lipinski definition) is 0. The number of benzene rings is 3. The average molecular weight is 481 g/mol. The van der Waals surface area contributed by atoms with Crippen molar-refractivity contribution in [3.05, 3.63) is 87.0 Å². The van der Waals surface area contributed by atoms with Crippen LogP contribution in [0.2, 0.25) is 5.02 Å². The molecule has 0 aliphatic carbocycles. The third-order valence-electron chi connectivity index (χ3n) is 5.73. The van der Waals surface area contributed by atoms with Crippen LogP contribution < -0.4 is 19.6 Å². The van der Waals surface area contributed by atoms with Gasteiger partial charge in [-0.15, -0.1) is 0 Å². The first-order valence-corrected chi connectivity index (χ1v) is 11.5. The zero-order chi connectivity index (χ0) is 23.7. The molecule has 0 spiro atoms. The molecule has 1 aliphatic rings. The van der Waals surface area contributed by atoms with E-state index in [0.717, 1.165) is 18.4 Å². The van der Waals surface area contributed by atoms with Gasteiger partial charge in [-0.05, 0) is 47.9 Å². The molecule has 0 amide bonds. The summed E-state index contributed by atoms with van der Waals surface area (Å²) in [6, 6.07) is 13.2. The van der Waals surface area contributed by atoms with Crippen LogP contribution in [0.4, 0.5) is 4.39 Å². The molecular formula is C27H22ClFO5. The molecule has 3 aromatic carbocycles. The Hall–Kier alpha value is -3.51. The van der Waals surface area contributed by atoms with Crippen molar-refractivity contribution in [2.24, 2.45) is 0 Å². The van der Waals surface area contributed by atoms with Crippen LogP contribution in [0.25, 0.3) is 22.1 Å². The number of fused-ring (bicyclic) bond motifs is 2. The molecule has 34 heavy (non-hydrogen) atoms. The Kier molecular flexibility index (Phi) is 6.16. The van der Waals surface area contributed by atoms with E-state index in [2.05, 4.69) is 6.92 Å². The van der Waals surface area contributed by atoms with Gasteiger partial charge in [0.25, 0.3) is 0 Å². The Balaban J connectivity index is 1.51. The molecule has 0 unspecified atom stereocenters. The summed E-state index contributed by atoms with van der Waals surface area (Å²) in [5, 5.41) is 0.774. The van der Waals surface area contributed by atoms with Crippen molar-refractivity contribution in [3.63, 3.8) is 0 Å². The number of aryl methyl sites for hydroxylation is 1. The van der Waals surface area contributed by atoms with Gasteiger partial charge in [0.2, 0.25) is 5.43 Å². The lowest BCUT2D eigenvalue weighted by molar-refractivity contribution is 0.171. The van der Waals surface area contributed by atoms with E-state index in [9.17, 15) is 9.18 Å². The van der Waals surface area contributed by atoms with Crippen LogP contribution in [0.15, 0.2) is 64.0 Å². The third-order valence-corrected chi connectivity index (χ3v) is 6.08. The maximum Gasteiger partial charge on any atom is 0.200 e. The molecule has 0 N–H and O–H groups in total. The van der Waals surface area contributed by atoms with Crippen LogP contribution >= 0.6 is 11.6 Å². The summed E-state index contributed by atoms with van der Waals surface area (Å²) >= 11 is 6.14. The molecule has 0 atom stereocenters. The van der Waals surface area contributed by atoms with Crippen LogP contribution in [-0.4, -0.2) is 13.2 Å². The Bertz CT molecular complexity index is 1430. The highest BCUT2D eigenvalue weighted by atomic mass is 35.5. The Labute approximate surface area is 200 Å². The maximum absolute atomic E-state index is 13.4. The molecule has 1 aromatic heterocycles. The van der Waals surface area contributed by atoms with E-state index in [1.54, 1.807) is 24.3 Å². The summed E-state index contributed by atoms with van der Waals surface area (Å²) in [5.74, 6) is 1.47. The minimum atomic E-state index is -0.401. The summed E-state index contributed by atoms with van der Waals surface area (Å²) in [6.45, 7) is 3.19. The monoisotopic (exact) mass is 480 g/mol. The van der Waals surface area contributed by atoms with E-state index in [-0.39, 0.29) is 12.0 Å². The van der Waals surface area contributed by atoms with Gasteiger partial charge in [0.05, 0.1) is 16.0 Å². The van der Waals surface area contributed by atoms with Crippen LogP contribution in [0.1, 0.15) is 24.5 Å². The fourth-order valence-corrected chi connectivity index (χ4v) is 4.23. The van der Waals surface area contributed by atoms with Crippen molar-refractivity contribution in [1.29, 1.82) is 0 Å². The van der Waals surface area contributed by atoms with Gasteiger partial charge in [-0.3, -0.25) is 4.79 Å². The van der Waals surface area contributed by atoms with Crippen molar-refractivity contribution in [3.8, 4) is 28.4 Å². The van der Waals surface area contributed by atoms with Crippen molar-refractivity contribution >= 4 is 22.6 Å². The fraction of sp³-hybridized carbons (Fsp3) is 0.222. The second-order valence-corrected chi connectivity index (χ2v) is 8.47. The lowest BCUT2D eigenvalue weighted by Gasteiger charge is -2.18. The highest BCUT2D eigenvalue weighted by Gasteiger charge is 2.17. The Morgan fingerprint density at radius 2 is 1.82 bits per heavy atom. The zero-order valence-electron chi connectivity index (χ0n) is 18.5. The second-order valence-electron chi connectivity index (χ2n) is 8.07. The minimum Gasteiger partial charge on any atom is -0.488 e. The lowest BCUT2D eigenvalue weighted by Crippen LogP contribution is -2.15. The summed E-state index contributed by atoms with van der Waals surface area (Å²) in [7, 11) is 0. The zero-order valence-corrected chi connectivity index (χ0v) is 19.3. The number of hydrogen-bond acceptors (Lipinski definition) is 5. The molecule has 5 nitrogen and oxygen atoms in total. The highest BCUT2D eigenvalue weighted by molar-refractivity contribution is 6.31. The highest BCUT2D eigenvalue weighted by Crippen LogP contribution is 2.35. The Morgan fingerprint density at radius 3 is 2.62 bits per heavy atom. The summed E-state index contributed by atoms with van der Waals surface area (Å²) in [6.07, 6.45) is 3.04. The van der Waals surface area contributed by atoms with Crippen molar-refractivity contribution in [2.45, 2.75) is 26.4 Å². The first-order chi connectivity index (χ1) is 16.5. The molecule has 0 bridgehead atoms. The van der Waals surface area contributed by atoms with Crippen LogP contribution in [0, 0.1) is 5.82 Å². The molecular weight excluding hydrogens is 459 g/mol. The van der Waals surface area contributed by atoms with E-state index < -0.39 is 5.82 Å². The molecule has 0 saturated heterocycles. The topological polar surface area (TPSA) is 57.9 Å². The number of halogens is 2. The van der Waals surface area contributed by atoms with Gasteiger partial charge in [0.15, 0.2) is 11.5 Å². The third kappa shape index (κ3) is 4.33. The molecule has 0 saturated carbocycles. The predicted octanol–water partition coefficient (Wildman–Crippen LogP) is 6.56. The standard InChI is InChI=1S/C27H22ClFO5/c1-2-3-17-10-20-25(13-24(17)33-14-18-4-6-19(29)12-22(18)28)34-15-21(27(20)30)16-5-7-23-26(11-16)32-9-8-31-23/h4-7,10-13,15H,2-3,8-9,14H2,1H3. The molecule has 0 radical (unpaired) electrons. The van der Waals surface area contributed by atoms with Gasteiger partial charge >= 0.3 is 0 Å². The SMILES string of the molecule is CCCc1cc2c(=O)c(-c3ccc4c(c3)OCCO4)coc2cc1OCc1ccc(F)cc1Cl. The van der Waals surface area contributed by atoms with E-state index in [1.165, 1.54) is 18.4 Å². The van der Waals surface area contributed by atoms with Crippen molar-refractivity contribution in [1.82, 2.24) is 0 Å². The van der Waals surface area contributed by atoms with Gasteiger partial charge in [-0.2, -0.15) is 0 Å². The fourth-order valence-electron chi connectivity index (χ4n) is 4.01. The van der Waals surface area contributed by atoms with E-state index in [0.29, 0.717) is 63.1 Å². The van der Waals surface area contributed by atoms with Gasteiger partial charge in [-0.25, -0.2) is 4.39 Å². The van der Waals surface area contributed by atoms with Gasteiger partial charge in [0, 0.05) is 11.6 Å². The second kappa shape index (κ2) is 9.39. The molecule has 4 aromatic rings. The van der Waals surface area contributed by atoms with E-state index in [1.807, 2.05) is 12.1 Å². The summed E-state index contributed by atoms with van der Waals surface area (Å²) < 4.78 is 36.5. The molecule has 2 heterocycles. The minimum absolute atomic E-state index is 0.136. The predicted molar refractivity (Wildman–Crippen MR) is 129 cm³/mol. The maximum atomic E-state index is 13.4. The normalized spacial score (nSPS) is 12.7. The molecule has 1 aliphatic heterocycles. The van der Waals surface area contributed by atoms with Gasteiger partial charge < -0.3 is 18.6 Å². The van der Waals surface area contributed by atoms with Crippen molar-refractivity contribution in [2.75, 3.05) is 13.2 Å². The molecule has 174 valence electrons. The first-order valence-electron chi connectivity index (χ1n) is 11.1. The smallest absolute Gasteiger partial charge is 0.200 e. The molecule has 7 heteroatoms. The van der Waals surface area contributed by atoms with Crippen LogP contribution in [0.3, 0.4) is 0 Å². The summed E-state index contributed by atoms with van der Waals surface area (Å²) in [5.41, 5.74) is 2.98. The number of rotatable bonds is 6. The van der Waals surface area contributed by atoms with Gasteiger partial charge in [-0.1, -0.05) is 37.1 Å². The first kappa shape index (κ1) is 22.3. The average Bonchev–Trinajstić information content (AvgIpc) is 2.84. The van der Waals surface area contributed by atoms with E-state index in [4.69, 9.17) is 30.2 Å². The van der Waals surface area contributed by atoms with Crippen LogP contribution in [-0.2, 0) is 13.0 Å². The van der Waals surface area contributed by atoms with Gasteiger partial charge in [0.1, 0.15) is 43.2 Å². The van der Waals surface area contributed by atoms with Crippen LogP contribution in [0.5, 0.6) is 17.2 Å². The quantitative estimate of drug-likeness (QED) is 0.313. The molecule has 5 rings (SSSR count). The molecule has 0 fully saturated rings. The van der Waals surface area contributed by atoms with Crippen molar-refractivity contribution < 1.29 is 23.0 Å².